The largest absolute Gasteiger partial charge is 0.377 e. The number of carbonyl (C=O) groups excluding carboxylic acids is 1. The molecule has 6 heteroatoms. The molecule has 0 aliphatic carbocycles. The van der Waals surface area contributed by atoms with Gasteiger partial charge in [-0.1, -0.05) is 0 Å². The number of aromatic nitrogens is 1. The van der Waals surface area contributed by atoms with Crippen LogP contribution in [0.1, 0.15) is 35.3 Å². The lowest BCUT2D eigenvalue weighted by atomic mass is 9.85. The molecule has 1 aromatic rings. The highest BCUT2D eigenvalue weighted by atomic mass is 16.5. The number of ether oxygens (including phenoxy) is 2. The molecule has 2 fully saturated rings. The third-order valence-corrected chi connectivity index (χ3v) is 5.27. The van der Waals surface area contributed by atoms with Gasteiger partial charge in [0.1, 0.15) is 11.7 Å². The van der Waals surface area contributed by atoms with Crippen LogP contribution < -0.4 is 5.56 Å². The van der Waals surface area contributed by atoms with Gasteiger partial charge in [-0.3, -0.25) is 9.59 Å². The summed E-state index contributed by atoms with van der Waals surface area (Å²) in [5.41, 5.74) is 0.542. The molecule has 2 saturated heterocycles. The third-order valence-electron chi connectivity index (χ3n) is 5.27. The summed E-state index contributed by atoms with van der Waals surface area (Å²) in [5, 5.41) is 0. The quantitative estimate of drug-likeness (QED) is 0.819. The van der Waals surface area contributed by atoms with Gasteiger partial charge in [-0.15, -0.1) is 0 Å². The minimum absolute atomic E-state index is 0.142. The van der Waals surface area contributed by atoms with E-state index in [2.05, 4.69) is 0 Å². The van der Waals surface area contributed by atoms with Crippen molar-refractivity contribution in [2.45, 2.75) is 37.9 Å². The highest BCUT2D eigenvalue weighted by Gasteiger charge is 2.47. The first-order valence-corrected chi connectivity index (χ1v) is 8.11. The van der Waals surface area contributed by atoms with E-state index >= 15 is 0 Å². The predicted molar refractivity (Wildman–Crippen MR) is 85.7 cm³/mol. The molecule has 2 aliphatic rings. The molecule has 2 aliphatic heterocycles. The fraction of sp³-hybridized carbons (Fsp3) is 0.647. The maximum absolute atomic E-state index is 12.8. The van der Waals surface area contributed by atoms with E-state index in [1.54, 1.807) is 31.2 Å². The second-order valence-corrected chi connectivity index (χ2v) is 6.49. The Morgan fingerprint density at radius 1 is 1.39 bits per heavy atom. The summed E-state index contributed by atoms with van der Waals surface area (Å²) in [5.74, 6) is -0.222. The summed E-state index contributed by atoms with van der Waals surface area (Å²) in [6, 6.07) is 3.42. The van der Waals surface area contributed by atoms with Crippen LogP contribution in [-0.4, -0.2) is 53.9 Å². The van der Waals surface area contributed by atoms with Crippen molar-refractivity contribution in [2.75, 3.05) is 26.8 Å². The fourth-order valence-corrected chi connectivity index (χ4v) is 3.65. The Kier molecular flexibility index (Phi) is 4.29. The van der Waals surface area contributed by atoms with Gasteiger partial charge in [0.15, 0.2) is 0 Å². The van der Waals surface area contributed by atoms with Crippen molar-refractivity contribution >= 4 is 5.91 Å². The summed E-state index contributed by atoms with van der Waals surface area (Å²) in [6.07, 6.45) is 2.62. The van der Waals surface area contributed by atoms with Gasteiger partial charge in [-0.05, 0) is 38.3 Å². The van der Waals surface area contributed by atoms with Crippen LogP contribution in [0.5, 0.6) is 0 Å². The van der Waals surface area contributed by atoms with Gasteiger partial charge in [-0.2, -0.15) is 0 Å². The molecule has 1 aromatic heterocycles. The first-order chi connectivity index (χ1) is 11.0. The zero-order valence-corrected chi connectivity index (χ0v) is 14.0. The van der Waals surface area contributed by atoms with E-state index in [1.165, 1.54) is 4.57 Å². The normalized spacial score (nSPS) is 27.6. The molecule has 0 bridgehead atoms. The Labute approximate surface area is 136 Å². The maximum atomic E-state index is 12.8. The van der Waals surface area contributed by atoms with Gasteiger partial charge in [-0.25, -0.2) is 0 Å². The van der Waals surface area contributed by atoms with Gasteiger partial charge in [0, 0.05) is 39.5 Å². The van der Waals surface area contributed by atoms with Crippen molar-refractivity contribution in [1.82, 2.24) is 9.47 Å². The number of nitrogens with zero attached hydrogens (tertiary/aromatic N) is 2. The number of hydrogen-bond donors (Lipinski definition) is 0. The summed E-state index contributed by atoms with van der Waals surface area (Å²) in [6.45, 7) is 3.66. The van der Waals surface area contributed by atoms with Crippen LogP contribution in [0, 0.1) is 6.92 Å². The van der Waals surface area contributed by atoms with Crippen molar-refractivity contribution in [3.05, 3.63) is 33.7 Å². The van der Waals surface area contributed by atoms with E-state index in [4.69, 9.17) is 9.47 Å². The Morgan fingerprint density at radius 2 is 2.17 bits per heavy atom. The lowest BCUT2D eigenvalue weighted by Crippen LogP contribution is -2.57. The second kappa shape index (κ2) is 6.09. The van der Waals surface area contributed by atoms with E-state index in [9.17, 15) is 9.59 Å². The van der Waals surface area contributed by atoms with Crippen LogP contribution in [0.15, 0.2) is 16.9 Å². The smallest absolute Gasteiger partial charge is 0.263 e. The summed E-state index contributed by atoms with van der Waals surface area (Å²) in [7, 11) is 3.34. The molecule has 0 N–H and O–H groups in total. The number of likely N-dealkylation sites (tertiary alicyclic amines) is 1. The zero-order chi connectivity index (χ0) is 16.6. The third kappa shape index (κ3) is 2.70. The van der Waals surface area contributed by atoms with Gasteiger partial charge >= 0.3 is 0 Å². The zero-order valence-electron chi connectivity index (χ0n) is 14.0. The first kappa shape index (κ1) is 16.2. The number of piperidine rings is 1. The van der Waals surface area contributed by atoms with Crippen LogP contribution in [0.2, 0.25) is 0 Å². The molecule has 6 nitrogen and oxygen atoms in total. The summed E-state index contributed by atoms with van der Waals surface area (Å²) >= 11 is 0. The number of methoxy groups -OCH3 is 1. The fourth-order valence-electron chi connectivity index (χ4n) is 3.65. The van der Waals surface area contributed by atoms with E-state index in [-0.39, 0.29) is 28.7 Å². The van der Waals surface area contributed by atoms with E-state index < -0.39 is 0 Å². The number of hydrogen-bond acceptors (Lipinski definition) is 4. The molecule has 2 atom stereocenters. The maximum Gasteiger partial charge on any atom is 0.263 e. The monoisotopic (exact) mass is 320 g/mol. The molecule has 0 aromatic carbocycles. The Morgan fingerprint density at radius 3 is 2.83 bits per heavy atom. The number of aryl methyl sites for hydroxylation is 1. The molecule has 126 valence electrons. The molecule has 1 amide bonds. The predicted octanol–water partition coefficient (Wildman–Crippen LogP) is 1.10. The Hall–Kier alpha value is -1.66. The number of carbonyl (C=O) groups is 1. The van der Waals surface area contributed by atoms with Crippen molar-refractivity contribution in [1.29, 1.82) is 0 Å². The van der Waals surface area contributed by atoms with Gasteiger partial charge in [0.2, 0.25) is 0 Å². The molecule has 0 unspecified atom stereocenters. The van der Waals surface area contributed by atoms with Crippen molar-refractivity contribution < 1.29 is 14.3 Å². The van der Waals surface area contributed by atoms with Gasteiger partial charge in [0.25, 0.3) is 11.5 Å². The Bertz CT molecular complexity index is 661. The minimum atomic E-state index is -0.260. The van der Waals surface area contributed by atoms with Crippen LogP contribution in [0.3, 0.4) is 0 Å². The topological polar surface area (TPSA) is 60.8 Å². The standard InChI is InChI=1S/C17H24N2O4/c1-12-5-6-13(15(20)18(12)2)16(21)19-9-8-17(7-4-10-23-17)14(11-19)22-3/h5-6,14H,4,7-11H2,1-3H3/t14-,17-/m0/s1. The first-order valence-electron chi connectivity index (χ1n) is 8.11. The van der Waals surface area contributed by atoms with Crippen LogP contribution in [-0.2, 0) is 16.5 Å². The molecule has 0 radical (unpaired) electrons. The highest BCUT2D eigenvalue weighted by Crippen LogP contribution is 2.37. The summed E-state index contributed by atoms with van der Waals surface area (Å²) < 4.78 is 13.1. The van der Waals surface area contributed by atoms with Crippen molar-refractivity contribution in [3.63, 3.8) is 0 Å². The Balaban J connectivity index is 1.82. The lowest BCUT2D eigenvalue weighted by molar-refractivity contribution is -0.136. The molecule has 0 saturated carbocycles. The molecule has 23 heavy (non-hydrogen) atoms. The molecular weight excluding hydrogens is 296 g/mol. The molecule has 1 spiro atoms. The van der Waals surface area contributed by atoms with Crippen LogP contribution in [0.4, 0.5) is 0 Å². The van der Waals surface area contributed by atoms with E-state index in [1.807, 2.05) is 6.92 Å². The average Bonchev–Trinajstić information content (AvgIpc) is 3.02. The number of rotatable bonds is 2. The lowest BCUT2D eigenvalue weighted by Gasteiger charge is -2.44. The molecule has 3 rings (SSSR count). The SMILES string of the molecule is CO[C@H]1CN(C(=O)c2ccc(C)n(C)c2=O)CC[C@@]12CCCO2. The van der Waals surface area contributed by atoms with Crippen LogP contribution >= 0.6 is 0 Å². The highest BCUT2D eigenvalue weighted by molar-refractivity contribution is 5.94. The van der Waals surface area contributed by atoms with Crippen molar-refractivity contribution in [3.8, 4) is 0 Å². The van der Waals surface area contributed by atoms with Gasteiger partial charge < -0.3 is 18.9 Å². The second-order valence-electron chi connectivity index (χ2n) is 6.49. The average molecular weight is 320 g/mol. The molecular formula is C17H24N2O4. The number of pyridine rings is 1. The minimum Gasteiger partial charge on any atom is -0.377 e. The summed E-state index contributed by atoms with van der Waals surface area (Å²) in [4.78, 5) is 26.8. The van der Waals surface area contributed by atoms with E-state index in [0.717, 1.165) is 31.6 Å². The van der Waals surface area contributed by atoms with Crippen LogP contribution in [0.25, 0.3) is 0 Å². The van der Waals surface area contributed by atoms with Crippen molar-refractivity contribution in [2.24, 2.45) is 7.05 Å². The molecule has 3 heterocycles. The van der Waals surface area contributed by atoms with Gasteiger partial charge in [0.05, 0.1) is 5.60 Å². The van der Waals surface area contributed by atoms with E-state index in [0.29, 0.717) is 13.1 Å². The number of amides is 1.